The highest BCUT2D eigenvalue weighted by Crippen LogP contribution is 2.10. The molecule has 16 heavy (non-hydrogen) atoms. The van der Waals surface area contributed by atoms with Crippen molar-refractivity contribution in [1.29, 1.82) is 0 Å². The van der Waals surface area contributed by atoms with Crippen LogP contribution < -0.4 is 0 Å². The number of rotatable bonds is 6. The SMILES string of the molecule is Cc1ccccc1CCCN(C)C(C)CO. The first-order valence-electron chi connectivity index (χ1n) is 6.00. The third kappa shape index (κ3) is 3.95. The Bertz CT molecular complexity index is 311. The zero-order valence-corrected chi connectivity index (χ0v) is 10.6. The van der Waals surface area contributed by atoms with Crippen LogP contribution in [0, 0.1) is 6.92 Å². The van der Waals surface area contributed by atoms with Gasteiger partial charge in [0.05, 0.1) is 6.61 Å². The summed E-state index contributed by atoms with van der Waals surface area (Å²) in [6.45, 7) is 5.49. The lowest BCUT2D eigenvalue weighted by molar-refractivity contribution is 0.158. The molecule has 90 valence electrons. The van der Waals surface area contributed by atoms with E-state index in [1.807, 2.05) is 6.92 Å². The van der Waals surface area contributed by atoms with Crippen LogP contribution in [0.2, 0.25) is 0 Å². The number of aliphatic hydroxyl groups is 1. The quantitative estimate of drug-likeness (QED) is 0.796. The van der Waals surface area contributed by atoms with Crippen molar-refractivity contribution in [2.24, 2.45) is 0 Å². The number of hydrogen-bond donors (Lipinski definition) is 1. The zero-order chi connectivity index (χ0) is 12.0. The van der Waals surface area contributed by atoms with Crippen molar-refractivity contribution in [2.45, 2.75) is 32.7 Å². The first-order chi connectivity index (χ1) is 7.65. The van der Waals surface area contributed by atoms with Gasteiger partial charge in [0.25, 0.3) is 0 Å². The largest absolute Gasteiger partial charge is 0.395 e. The van der Waals surface area contributed by atoms with Crippen LogP contribution in [0.1, 0.15) is 24.5 Å². The number of likely N-dealkylation sites (N-methyl/N-ethyl adjacent to an activating group) is 1. The molecule has 0 aromatic heterocycles. The Balaban J connectivity index is 2.33. The molecule has 1 aromatic carbocycles. The first kappa shape index (κ1) is 13.2. The maximum absolute atomic E-state index is 9.02. The van der Waals surface area contributed by atoms with Gasteiger partial charge in [0, 0.05) is 6.04 Å². The number of nitrogens with zero attached hydrogens (tertiary/aromatic N) is 1. The summed E-state index contributed by atoms with van der Waals surface area (Å²) in [5.74, 6) is 0. The predicted octanol–water partition coefficient (Wildman–Crippen LogP) is 2.24. The van der Waals surface area contributed by atoms with Crippen molar-refractivity contribution in [1.82, 2.24) is 4.90 Å². The molecule has 0 radical (unpaired) electrons. The number of aliphatic hydroxyl groups excluding tert-OH is 1. The minimum Gasteiger partial charge on any atom is -0.395 e. The molecular weight excluding hydrogens is 198 g/mol. The van der Waals surface area contributed by atoms with Crippen LogP contribution in [-0.4, -0.2) is 36.2 Å². The van der Waals surface area contributed by atoms with Gasteiger partial charge in [-0.2, -0.15) is 0 Å². The summed E-state index contributed by atoms with van der Waals surface area (Å²) in [4.78, 5) is 2.21. The van der Waals surface area contributed by atoms with E-state index in [4.69, 9.17) is 5.11 Å². The molecule has 0 saturated carbocycles. The maximum atomic E-state index is 9.02. The molecule has 0 aliphatic carbocycles. The van der Waals surface area contributed by atoms with Crippen LogP contribution in [0.5, 0.6) is 0 Å². The molecular formula is C14H23NO. The number of aryl methyl sites for hydroxylation is 2. The average molecular weight is 221 g/mol. The van der Waals surface area contributed by atoms with E-state index in [0.717, 1.165) is 19.4 Å². The minimum atomic E-state index is 0.237. The summed E-state index contributed by atoms with van der Waals surface area (Å²) in [6.07, 6.45) is 2.26. The zero-order valence-electron chi connectivity index (χ0n) is 10.6. The second kappa shape index (κ2) is 6.66. The van der Waals surface area contributed by atoms with Gasteiger partial charge in [0.2, 0.25) is 0 Å². The van der Waals surface area contributed by atoms with Crippen molar-refractivity contribution in [3.63, 3.8) is 0 Å². The fraction of sp³-hybridized carbons (Fsp3) is 0.571. The van der Waals surface area contributed by atoms with Gasteiger partial charge in [-0.3, -0.25) is 0 Å². The summed E-state index contributed by atoms with van der Waals surface area (Å²) >= 11 is 0. The van der Waals surface area contributed by atoms with Crippen LogP contribution in [0.15, 0.2) is 24.3 Å². The summed E-state index contributed by atoms with van der Waals surface area (Å²) in [5, 5.41) is 9.02. The molecule has 1 aromatic rings. The van der Waals surface area contributed by atoms with Gasteiger partial charge in [-0.15, -0.1) is 0 Å². The van der Waals surface area contributed by atoms with Crippen molar-refractivity contribution in [2.75, 3.05) is 20.2 Å². The van der Waals surface area contributed by atoms with Crippen LogP contribution >= 0.6 is 0 Å². The Labute approximate surface area is 98.9 Å². The van der Waals surface area contributed by atoms with E-state index in [1.165, 1.54) is 11.1 Å². The van der Waals surface area contributed by atoms with Gasteiger partial charge in [-0.1, -0.05) is 24.3 Å². The smallest absolute Gasteiger partial charge is 0.0584 e. The van der Waals surface area contributed by atoms with Crippen molar-refractivity contribution >= 4 is 0 Å². The van der Waals surface area contributed by atoms with E-state index in [9.17, 15) is 0 Å². The van der Waals surface area contributed by atoms with Crippen molar-refractivity contribution in [3.8, 4) is 0 Å². The molecule has 2 heteroatoms. The van der Waals surface area contributed by atoms with Gasteiger partial charge in [0.1, 0.15) is 0 Å². The lowest BCUT2D eigenvalue weighted by atomic mass is 10.0. The van der Waals surface area contributed by atoms with E-state index < -0.39 is 0 Å². The normalized spacial score (nSPS) is 13.1. The Morgan fingerprint density at radius 1 is 1.31 bits per heavy atom. The fourth-order valence-electron chi connectivity index (χ4n) is 1.77. The second-order valence-electron chi connectivity index (χ2n) is 4.54. The predicted molar refractivity (Wildman–Crippen MR) is 68.7 cm³/mol. The monoisotopic (exact) mass is 221 g/mol. The molecule has 0 heterocycles. The second-order valence-corrected chi connectivity index (χ2v) is 4.54. The first-order valence-corrected chi connectivity index (χ1v) is 6.00. The highest BCUT2D eigenvalue weighted by molar-refractivity contribution is 5.25. The highest BCUT2D eigenvalue weighted by atomic mass is 16.3. The van der Waals surface area contributed by atoms with Crippen LogP contribution in [0.25, 0.3) is 0 Å². The van der Waals surface area contributed by atoms with Crippen molar-refractivity contribution in [3.05, 3.63) is 35.4 Å². The van der Waals surface area contributed by atoms with E-state index in [1.54, 1.807) is 0 Å². The average Bonchev–Trinajstić information content (AvgIpc) is 2.30. The number of hydrogen-bond acceptors (Lipinski definition) is 2. The standard InChI is InChI=1S/C14H23NO/c1-12-7-4-5-8-14(12)9-6-10-15(3)13(2)11-16/h4-5,7-8,13,16H,6,9-11H2,1-3H3. The minimum absolute atomic E-state index is 0.237. The molecule has 0 aliphatic rings. The topological polar surface area (TPSA) is 23.5 Å². The van der Waals surface area contributed by atoms with E-state index in [2.05, 4.69) is 43.1 Å². The molecule has 0 spiro atoms. The Morgan fingerprint density at radius 2 is 2.00 bits per heavy atom. The summed E-state index contributed by atoms with van der Waals surface area (Å²) in [5.41, 5.74) is 2.81. The van der Waals surface area contributed by atoms with Gasteiger partial charge in [-0.25, -0.2) is 0 Å². The van der Waals surface area contributed by atoms with Crippen LogP contribution in [0.4, 0.5) is 0 Å². The Morgan fingerprint density at radius 3 is 2.62 bits per heavy atom. The Hall–Kier alpha value is -0.860. The molecule has 0 amide bonds. The highest BCUT2D eigenvalue weighted by Gasteiger charge is 2.06. The lowest BCUT2D eigenvalue weighted by Crippen LogP contribution is -2.32. The molecule has 1 atom stereocenters. The molecule has 0 fully saturated rings. The summed E-state index contributed by atoms with van der Waals surface area (Å²) in [6, 6.07) is 8.80. The van der Waals surface area contributed by atoms with Gasteiger partial charge in [0.15, 0.2) is 0 Å². The molecule has 0 aliphatic heterocycles. The molecule has 1 rings (SSSR count). The molecule has 1 N–H and O–H groups in total. The van der Waals surface area contributed by atoms with Gasteiger partial charge < -0.3 is 10.0 Å². The molecule has 0 saturated heterocycles. The van der Waals surface area contributed by atoms with Crippen LogP contribution in [-0.2, 0) is 6.42 Å². The number of benzene rings is 1. The maximum Gasteiger partial charge on any atom is 0.0584 e. The fourth-order valence-corrected chi connectivity index (χ4v) is 1.77. The third-order valence-corrected chi connectivity index (χ3v) is 3.23. The van der Waals surface area contributed by atoms with Gasteiger partial charge >= 0.3 is 0 Å². The molecule has 0 bridgehead atoms. The summed E-state index contributed by atoms with van der Waals surface area (Å²) in [7, 11) is 2.07. The van der Waals surface area contributed by atoms with Crippen molar-refractivity contribution < 1.29 is 5.11 Å². The van der Waals surface area contributed by atoms with Gasteiger partial charge in [-0.05, 0) is 51.4 Å². The Kier molecular flexibility index (Phi) is 5.50. The van der Waals surface area contributed by atoms with E-state index in [-0.39, 0.29) is 12.6 Å². The lowest BCUT2D eigenvalue weighted by Gasteiger charge is -2.22. The van der Waals surface area contributed by atoms with E-state index in [0.29, 0.717) is 0 Å². The van der Waals surface area contributed by atoms with E-state index >= 15 is 0 Å². The van der Waals surface area contributed by atoms with Crippen LogP contribution in [0.3, 0.4) is 0 Å². The summed E-state index contributed by atoms with van der Waals surface area (Å²) < 4.78 is 0. The third-order valence-electron chi connectivity index (χ3n) is 3.23. The molecule has 2 nitrogen and oxygen atoms in total. The molecule has 1 unspecified atom stereocenters.